The van der Waals surface area contributed by atoms with E-state index in [1.54, 1.807) is 16.9 Å². The van der Waals surface area contributed by atoms with Crippen molar-refractivity contribution in [3.05, 3.63) is 18.0 Å². The van der Waals surface area contributed by atoms with E-state index in [9.17, 15) is 9.90 Å². The average molecular weight is 256 g/mol. The Kier molecular flexibility index (Phi) is 4.83. The van der Waals surface area contributed by atoms with Crippen LogP contribution in [-0.4, -0.2) is 45.7 Å². The van der Waals surface area contributed by atoms with E-state index >= 15 is 0 Å². The normalized spacial score (nSPS) is 13.6. The lowest BCUT2D eigenvalue weighted by Gasteiger charge is -2.26. The minimum absolute atomic E-state index is 0.156. The summed E-state index contributed by atoms with van der Waals surface area (Å²) in [5.74, 6) is -0.564. The summed E-state index contributed by atoms with van der Waals surface area (Å²) in [7, 11) is 0. The SMILES string of the molecule is CC(C)(Cn1ccc(C(N)=O)n1)OC[C@@H](O)CN. The van der Waals surface area contributed by atoms with Gasteiger partial charge in [-0.15, -0.1) is 0 Å². The molecule has 1 amide bonds. The van der Waals surface area contributed by atoms with Gasteiger partial charge in [0.1, 0.15) is 5.69 Å². The van der Waals surface area contributed by atoms with Crippen LogP contribution < -0.4 is 11.5 Å². The number of hydrogen-bond donors (Lipinski definition) is 3. The molecule has 0 saturated carbocycles. The first-order valence-electron chi connectivity index (χ1n) is 5.69. The van der Waals surface area contributed by atoms with Gasteiger partial charge in [0, 0.05) is 12.7 Å². The lowest BCUT2D eigenvalue weighted by Crippen LogP contribution is -2.36. The Morgan fingerprint density at radius 3 is 2.83 bits per heavy atom. The van der Waals surface area contributed by atoms with E-state index in [1.807, 2.05) is 13.8 Å². The van der Waals surface area contributed by atoms with Crippen molar-refractivity contribution < 1.29 is 14.6 Å². The van der Waals surface area contributed by atoms with Crippen molar-refractivity contribution in [2.24, 2.45) is 11.5 Å². The predicted octanol–water partition coefficient (Wildman–Crippen LogP) is -0.903. The predicted molar refractivity (Wildman–Crippen MR) is 65.8 cm³/mol. The molecule has 7 heteroatoms. The van der Waals surface area contributed by atoms with Gasteiger partial charge in [0.15, 0.2) is 0 Å². The van der Waals surface area contributed by atoms with Gasteiger partial charge in [-0.1, -0.05) is 0 Å². The first-order chi connectivity index (χ1) is 8.34. The lowest BCUT2D eigenvalue weighted by atomic mass is 10.1. The van der Waals surface area contributed by atoms with Crippen LogP contribution in [0.25, 0.3) is 0 Å². The summed E-state index contributed by atoms with van der Waals surface area (Å²) in [4.78, 5) is 10.9. The fourth-order valence-electron chi connectivity index (χ4n) is 1.41. The van der Waals surface area contributed by atoms with Gasteiger partial charge in [0.2, 0.25) is 0 Å². The van der Waals surface area contributed by atoms with Crippen molar-refractivity contribution in [1.29, 1.82) is 0 Å². The number of aromatic nitrogens is 2. The molecule has 7 nitrogen and oxygen atoms in total. The molecule has 1 aromatic rings. The Bertz CT molecular complexity index is 403. The number of rotatable bonds is 7. The molecule has 1 atom stereocenters. The molecule has 1 aromatic heterocycles. The molecule has 0 aliphatic heterocycles. The van der Waals surface area contributed by atoms with Crippen molar-refractivity contribution in [2.75, 3.05) is 13.2 Å². The monoisotopic (exact) mass is 256 g/mol. The number of hydrogen-bond acceptors (Lipinski definition) is 5. The highest BCUT2D eigenvalue weighted by Gasteiger charge is 2.21. The summed E-state index contributed by atoms with van der Waals surface area (Å²) in [5.41, 5.74) is 10.1. The number of carbonyl (C=O) groups excluding carboxylic acids is 1. The molecule has 102 valence electrons. The van der Waals surface area contributed by atoms with E-state index in [4.69, 9.17) is 16.2 Å². The molecule has 1 heterocycles. The van der Waals surface area contributed by atoms with Crippen molar-refractivity contribution in [2.45, 2.75) is 32.1 Å². The zero-order chi connectivity index (χ0) is 13.8. The quantitative estimate of drug-likeness (QED) is 0.584. The Morgan fingerprint density at radius 1 is 1.67 bits per heavy atom. The second-order valence-corrected chi connectivity index (χ2v) is 4.72. The maximum atomic E-state index is 10.9. The van der Waals surface area contributed by atoms with Gasteiger partial charge in [-0.05, 0) is 19.9 Å². The molecule has 0 unspecified atom stereocenters. The summed E-state index contributed by atoms with van der Waals surface area (Å²) in [5, 5.41) is 13.3. The topological polar surface area (TPSA) is 116 Å². The molecule has 18 heavy (non-hydrogen) atoms. The van der Waals surface area contributed by atoms with Crippen LogP contribution in [0.3, 0.4) is 0 Å². The highest BCUT2D eigenvalue weighted by atomic mass is 16.5. The molecule has 0 spiro atoms. The minimum atomic E-state index is -0.678. The first-order valence-corrected chi connectivity index (χ1v) is 5.69. The van der Waals surface area contributed by atoms with E-state index in [1.165, 1.54) is 0 Å². The maximum Gasteiger partial charge on any atom is 0.269 e. The third kappa shape index (κ3) is 4.44. The third-order valence-electron chi connectivity index (χ3n) is 2.37. The molecular weight excluding hydrogens is 236 g/mol. The van der Waals surface area contributed by atoms with Crippen molar-refractivity contribution in [1.82, 2.24) is 9.78 Å². The highest BCUT2D eigenvalue weighted by molar-refractivity contribution is 5.90. The van der Waals surface area contributed by atoms with E-state index < -0.39 is 17.6 Å². The van der Waals surface area contributed by atoms with E-state index in [-0.39, 0.29) is 18.8 Å². The second kappa shape index (κ2) is 5.94. The summed E-state index contributed by atoms with van der Waals surface area (Å²) in [6.45, 7) is 4.48. The molecule has 0 radical (unpaired) electrons. The Morgan fingerprint density at radius 2 is 2.33 bits per heavy atom. The van der Waals surface area contributed by atoms with Crippen molar-refractivity contribution in [3.8, 4) is 0 Å². The molecule has 0 aliphatic carbocycles. The Hall–Kier alpha value is -1.44. The fourth-order valence-corrected chi connectivity index (χ4v) is 1.41. The average Bonchev–Trinajstić information content (AvgIpc) is 2.73. The number of nitrogens with zero attached hydrogens (tertiary/aromatic N) is 2. The second-order valence-electron chi connectivity index (χ2n) is 4.72. The fraction of sp³-hybridized carbons (Fsp3) is 0.636. The number of carbonyl (C=O) groups is 1. The number of aliphatic hydroxyl groups excluding tert-OH is 1. The number of nitrogens with two attached hydrogens (primary N) is 2. The van der Waals surface area contributed by atoms with Crippen LogP contribution >= 0.6 is 0 Å². The van der Waals surface area contributed by atoms with Crippen LogP contribution in [-0.2, 0) is 11.3 Å². The van der Waals surface area contributed by atoms with Crippen LogP contribution in [0, 0.1) is 0 Å². The smallest absolute Gasteiger partial charge is 0.269 e. The molecule has 1 rings (SSSR count). The van der Waals surface area contributed by atoms with Gasteiger partial charge >= 0.3 is 0 Å². The summed E-state index contributed by atoms with van der Waals surface area (Å²) in [6.07, 6.45) is 0.980. The van der Waals surface area contributed by atoms with E-state index in [2.05, 4.69) is 5.10 Å². The van der Waals surface area contributed by atoms with Crippen molar-refractivity contribution >= 4 is 5.91 Å². The van der Waals surface area contributed by atoms with Gasteiger partial charge in [-0.25, -0.2) is 0 Å². The summed E-state index contributed by atoms with van der Waals surface area (Å²) in [6, 6.07) is 1.55. The van der Waals surface area contributed by atoms with E-state index in [0.717, 1.165) is 0 Å². The zero-order valence-electron chi connectivity index (χ0n) is 10.7. The van der Waals surface area contributed by atoms with Crippen LogP contribution in [0.15, 0.2) is 12.3 Å². The zero-order valence-corrected chi connectivity index (χ0v) is 10.7. The van der Waals surface area contributed by atoms with Gasteiger partial charge in [-0.2, -0.15) is 5.10 Å². The third-order valence-corrected chi connectivity index (χ3v) is 2.37. The largest absolute Gasteiger partial charge is 0.389 e. The van der Waals surface area contributed by atoms with Crippen LogP contribution in [0.5, 0.6) is 0 Å². The molecule has 5 N–H and O–H groups in total. The summed E-state index contributed by atoms with van der Waals surface area (Å²) < 4.78 is 7.13. The molecule has 0 fully saturated rings. The highest BCUT2D eigenvalue weighted by Crippen LogP contribution is 2.12. The van der Waals surface area contributed by atoms with Crippen molar-refractivity contribution in [3.63, 3.8) is 0 Å². The number of aliphatic hydroxyl groups is 1. The van der Waals surface area contributed by atoms with Crippen LogP contribution in [0.4, 0.5) is 0 Å². The van der Waals surface area contributed by atoms with E-state index in [0.29, 0.717) is 6.54 Å². The molecule has 0 saturated heterocycles. The Balaban J connectivity index is 2.55. The molecule has 0 bridgehead atoms. The van der Waals surface area contributed by atoms with Gasteiger partial charge < -0.3 is 21.3 Å². The lowest BCUT2D eigenvalue weighted by molar-refractivity contribution is -0.0668. The number of primary amides is 1. The molecule has 0 aromatic carbocycles. The number of ether oxygens (including phenoxy) is 1. The van der Waals surface area contributed by atoms with Gasteiger partial charge in [-0.3, -0.25) is 9.48 Å². The Labute approximate surface area is 106 Å². The molecule has 0 aliphatic rings. The maximum absolute atomic E-state index is 10.9. The first kappa shape index (κ1) is 14.6. The van der Waals surface area contributed by atoms with Gasteiger partial charge in [0.25, 0.3) is 5.91 Å². The van der Waals surface area contributed by atoms with Crippen LogP contribution in [0.1, 0.15) is 24.3 Å². The standard InChI is InChI=1S/C11H20N4O3/c1-11(2,18-6-8(16)5-12)7-15-4-3-9(14-15)10(13)17/h3-4,8,16H,5-7,12H2,1-2H3,(H2,13,17)/t8-/m0/s1. The number of amides is 1. The van der Waals surface area contributed by atoms with Gasteiger partial charge in [0.05, 0.1) is 24.9 Å². The minimum Gasteiger partial charge on any atom is -0.389 e. The molecular formula is C11H20N4O3. The van der Waals surface area contributed by atoms with Crippen LogP contribution in [0.2, 0.25) is 0 Å². The summed E-state index contributed by atoms with van der Waals surface area (Å²) >= 11 is 0.